The van der Waals surface area contributed by atoms with Gasteiger partial charge in [-0.05, 0) is 24.6 Å². The summed E-state index contributed by atoms with van der Waals surface area (Å²) in [6.07, 6.45) is -0.331. The molecule has 1 fully saturated rings. The van der Waals surface area contributed by atoms with Crippen LogP contribution in [-0.2, 0) is 4.74 Å². The van der Waals surface area contributed by atoms with Crippen molar-refractivity contribution in [3.05, 3.63) is 52.3 Å². The molecule has 138 valence electrons. The van der Waals surface area contributed by atoms with Gasteiger partial charge in [-0.15, -0.1) is 0 Å². The second-order valence-electron chi connectivity index (χ2n) is 6.02. The van der Waals surface area contributed by atoms with Gasteiger partial charge in [-0.2, -0.15) is 0 Å². The van der Waals surface area contributed by atoms with E-state index >= 15 is 0 Å². The predicted octanol–water partition coefficient (Wildman–Crippen LogP) is 2.30. The summed E-state index contributed by atoms with van der Waals surface area (Å²) in [5.41, 5.74) is 1.35. The highest BCUT2D eigenvalue weighted by molar-refractivity contribution is 6.30. The number of hydrogen-bond donors (Lipinski definition) is 3. The summed E-state index contributed by atoms with van der Waals surface area (Å²) in [5.74, 6) is -0.367. The van der Waals surface area contributed by atoms with Crippen LogP contribution in [0.2, 0.25) is 5.02 Å². The van der Waals surface area contributed by atoms with Gasteiger partial charge in [0.1, 0.15) is 17.5 Å². The second kappa shape index (κ2) is 7.80. The number of H-pyrrole nitrogens is 1. The zero-order valence-corrected chi connectivity index (χ0v) is 15.2. The molecule has 2 amide bonds. The Morgan fingerprint density at radius 1 is 1.27 bits per heavy atom. The average molecular weight is 378 g/mol. The van der Waals surface area contributed by atoms with Crippen LogP contribution >= 0.6 is 11.6 Å². The third-order valence-electron chi connectivity index (χ3n) is 4.10. The lowest BCUT2D eigenvalue weighted by Gasteiger charge is -2.26. The lowest BCUT2D eigenvalue weighted by atomic mass is 10.1. The van der Waals surface area contributed by atoms with Crippen LogP contribution in [0.25, 0.3) is 0 Å². The van der Waals surface area contributed by atoms with Gasteiger partial charge in [0.05, 0.1) is 19.3 Å². The molecular weight excluding hydrogens is 358 g/mol. The summed E-state index contributed by atoms with van der Waals surface area (Å²) in [6, 6.07) is 8.77. The van der Waals surface area contributed by atoms with Gasteiger partial charge in [0, 0.05) is 18.1 Å². The summed E-state index contributed by atoms with van der Waals surface area (Å²) in [5, 5.41) is 5.99. The highest BCUT2D eigenvalue weighted by Gasteiger charge is 2.25. The van der Waals surface area contributed by atoms with Crippen LogP contribution in [-0.4, -0.2) is 43.1 Å². The monoisotopic (exact) mass is 377 g/mol. The van der Waals surface area contributed by atoms with Crippen molar-refractivity contribution in [2.24, 2.45) is 0 Å². The third-order valence-corrected chi connectivity index (χ3v) is 4.35. The summed E-state index contributed by atoms with van der Waals surface area (Å²) < 4.78 is 11.0. The van der Waals surface area contributed by atoms with Gasteiger partial charge < -0.3 is 25.1 Å². The second-order valence-corrected chi connectivity index (χ2v) is 6.46. The van der Waals surface area contributed by atoms with Crippen LogP contribution in [0.15, 0.2) is 30.3 Å². The van der Waals surface area contributed by atoms with Gasteiger partial charge in [0.15, 0.2) is 5.75 Å². The molecule has 0 aliphatic carbocycles. The minimum Gasteiger partial charge on any atom is -0.484 e. The van der Waals surface area contributed by atoms with Gasteiger partial charge in [-0.3, -0.25) is 9.59 Å². The zero-order valence-electron chi connectivity index (χ0n) is 14.5. The van der Waals surface area contributed by atoms with Gasteiger partial charge in [0.2, 0.25) is 0 Å². The fraction of sp³-hybridized carbons (Fsp3) is 0.333. The van der Waals surface area contributed by atoms with Crippen molar-refractivity contribution in [2.45, 2.75) is 19.1 Å². The molecule has 1 aromatic carbocycles. The van der Waals surface area contributed by atoms with Crippen molar-refractivity contribution >= 4 is 23.4 Å². The van der Waals surface area contributed by atoms with E-state index in [4.69, 9.17) is 21.1 Å². The average Bonchev–Trinajstić information content (AvgIpc) is 3.01. The van der Waals surface area contributed by atoms with E-state index in [0.717, 1.165) is 5.56 Å². The van der Waals surface area contributed by atoms with Crippen molar-refractivity contribution in [3.8, 4) is 5.75 Å². The molecule has 8 heteroatoms. The molecule has 2 aromatic rings. The summed E-state index contributed by atoms with van der Waals surface area (Å²) in [4.78, 5) is 27.3. The highest BCUT2D eigenvalue weighted by atomic mass is 35.5. The number of aromatic amines is 1. The maximum absolute atomic E-state index is 12.3. The maximum atomic E-state index is 12.3. The lowest BCUT2D eigenvalue weighted by Crippen LogP contribution is -2.48. The molecule has 1 unspecified atom stereocenters. The van der Waals surface area contributed by atoms with Crippen molar-refractivity contribution in [1.29, 1.82) is 0 Å². The SMILES string of the molecule is CNC(=O)c1[nH]c(C(=O)NC2COC2)cc1OC(C)c1ccc(Cl)cc1. The van der Waals surface area contributed by atoms with E-state index in [1.807, 2.05) is 19.1 Å². The number of benzene rings is 1. The minimum atomic E-state index is -0.366. The number of amides is 2. The summed E-state index contributed by atoms with van der Waals surface area (Å²) >= 11 is 5.91. The zero-order chi connectivity index (χ0) is 18.7. The number of nitrogens with one attached hydrogen (secondary N) is 3. The maximum Gasteiger partial charge on any atom is 0.271 e. The molecule has 2 heterocycles. The summed E-state index contributed by atoms with van der Waals surface area (Å²) in [7, 11) is 1.51. The molecule has 1 saturated heterocycles. The van der Waals surface area contributed by atoms with E-state index in [1.165, 1.54) is 13.1 Å². The van der Waals surface area contributed by atoms with Crippen LogP contribution in [0.1, 0.15) is 39.6 Å². The van der Waals surface area contributed by atoms with E-state index in [2.05, 4.69) is 15.6 Å². The van der Waals surface area contributed by atoms with Crippen molar-refractivity contribution in [2.75, 3.05) is 20.3 Å². The Kier molecular flexibility index (Phi) is 5.49. The fourth-order valence-electron chi connectivity index (χ4n) is 2.52. The first-order chi connectivity index (χ1) is 12.5. The van der Waals surface area contributed by atoms with Gasteiger partial charge in [-0.25, -0.2) is 0 Å². The Morgan fingerprint density at radius 3 is 2.54 bits per heavy atom. The molecule has 1 aromatic heterocycles. The normalized spacial score (nSPS) is 15.0. The van der Waals surface area contributed by atoms with Gasteiger partial charge in [0.25, 0.3) is 11.8 Å². The molecule has 3 rings (SSSR count). The van der Waals surface area contributed by atoms with E-state index in [0.29, 0.717) is 24.0 Å². The number of carbonyl (C=O) groups is 2. The minimum absolute atomic E-state index is 0.00777. The molecule has 0 bridgehead atoms. The topological polar surface area (TPSA) is 92.5 Å². The predicted molar refractivity (Wildman–Crippen MR) is 96.8 cm³/mol. The molecule has 0 saturated carbocycles. The first kappa shape index (κ1) is 18.3. The first-order valence-electron chi connectivity index (χ1n) is 8.23. The Bertz CT molecular complexity index is 799. The van der Waals surface area contributed by atoms with Crippen LogP contribution < -0.4 is 15.4 Å². The van der Waals surface area contributed by atoms with E-state index in [-0.39, 0.29) is 35.3 Å². The fourth-order valence-corrected chi connectivity index (χ4v) is 2.64. The third kappa shape index (κ3) is 4.00. The van der Waals surface area contributed by atoms with Gasteiger partial charge >= 0.3 is 0 Å². The van der Waals surface area contributed by atoms with E-state index in [1.54, 1.807) is 12.1 Å². The van der Waals surface area contributed by atoms with Crippen LogP contribution in [0.4, 0.5) is 0 Å². The van der Waals surface area contributed by atoms with Crippen molar-refractivity contribution in [3.63, 3.8) is 0 Å². The Balaban J connectivity index is 1.80. The smallest absolute Gasteiger partial charge is 0.271 e. The molecule has 3 N–H and O–H groups in total. The molecule has 26 heavy (non-hydrogen) atoms. The number of halogens is 1. The van der Waals surface area contributed by atoms with E-state index < -0.39 is 0 Å². The van der Waals surface area contributed by atoms with Crippen LogP contribution in [0, 0.1) is 0 Å². The van der Waals surface area contributed by atoms with Gasteiger partial charge in [-0.1, -0.05) is 23.7 Å². The number of hydrogen-bond acceptors (Lipinski definition) is 4. The van der Waals surface area contributed by atoms with Crippen LogP contribution in [0.3, 0.4) is 0 Å². The molecule has 0 spiro atoms. The highest BCUT2D eigenvalue weighted by Crippen LogP contribution is 2.27. The van der Waals surface area contributed by atoms with Crippen molar-refractivity contribution in [1.82, 2.24) is 15.6 Å². The number of ether oxygens (including phenoxy) is 2. The molecule has 1 aliphatic rings. The lowest BCUT2D eigenvalue weighted by molar-refractivity contribution is -0.00354. The first-order valence-corrected chi connectivity index (χ1v) is 8.61. The molecule has 1 atom stereocenters. The number of carbonyl (C=O) groups excluding carboxylic acids is 2. The number of aromatic nitrogens is 1. The Morgan fingerprint density at radius 2 is 1.96 bits per heavy atom. The molecular formula is C18H20ClN3O4. The standard InChI is InChI=1S/C18H20ClN3O4/c1-10(11-3-5-12(19)6-4-11)26-15-7-14(22-16(15)18(24)20-2)17(23)21-13-8-25-9-13/h3-7,10,13,22H,8-9H2,1-2H3,(H,20,24)(H,21,23). The molecule has 7 nitrogen and oxygen atoms in total. The quantitative estimate of drug-likeness (QED) is 0.720. The Labute approximate surface area is 156 Å². The molecule has 0 radical (unpaired) electrons. The summed E-state index contributed by atoms with van der Waals surface area (Å²) in [6.45, 7) is 2.84. The van der Waals surface area contributed by atoms with Crippen molar-refractivity contribution < 1.29 is 19.1 Å². The Hall–Kier alpha value is -2.51. The van der Waals surface area contributed by atoms with Crippen LogP contribution in [0.5, 0.6) is 5.75 Å². The number of rotatable bonds is 6. The molecule has 1 aliphatic heterocycles. The largest absolute Gasteiger partial charge is 0.484 e. The van der Waals surface area contributed by atoms with E-state index in [9.17, 15) is 9.59 Å².